The van der Waals surface area contributed by atoms with E-state index in [1.165, 1.54) is 24.3 Å². The lowest BCUT2D eigenvalue weighted by Gasteiger charge is -2.11. The van der Waals surface area contributed by atoms with Crippen LogP contribution >= 0.6 is 55.1 Å². The van der Waals surface area contributed by atoms with Crippen LogP contribution in [0.15, 0.2) is 73.4 Å². The minimum absolute atomic E-state index is 0.00257. The summed E-state index contributed by atoms with van der Waals surface area (Å²) in [5.74, 6) is 0.135. The topological polar surface area (TPSA) is 55.7 Å². The SMILES string of the molecule is Cc1ccc(Cl)cc1N=Cc1cc(Br)c(OS(=O)(=O)c2ccc(Cl)cc2)c(Br)c1. The van der Waals surface area contributed by atoms with Gasteiger partial charge in [-0.05, 0) is 98.4 Å². The quantitative estimate of drug-likeness (QED) is 0.235. The third kappa shape index (κ3) is 5.61. The summed E-state index contributed by atoms with van der Waals surface area (Å²) in [6, 6.07) is 14.6. The normalized spacial score (nSPS) is 11.8. The largest absolute Gasteiger partial charge is 0.377 e. The molecule has 0 saturated heterocycles. The van der Waals surface area contributed by atoms with Crippen molar-refractivity contribution in [3.63, 3.8) is 0 Å². The Morgan fingerprint density at radius 2 is 1.52 bits per heavy atom. The van der Waals surface area contributed by atoms with Crippen molar-refractivity contribution in [3.8, 4) is 5.75 Å². The first-order valence-corrected chi connectivity index (χ1v) is 11.9. The highest BCUT2D eigenvalue weighted by atomic mass is 79.9. The molecule has 0 radical (unpaired) electrons. The number of hydrogen-bond acceptors (Lipinski definition) is 4. The highest BCUT2D eigenvalue weighted by Crippen LogP contribution is 2.36. The molecule has 3 aromatic rings. The van der Waals surface area contributed by atoms with Crippen LogP contribution in [0.3, 0.4) is 0 Å². The number of benzene rings is 3. The lowest BCUT2D eigenvalue weighted by molar-refractivity contribution is 0.483. The number of rotatable bonds is 5. The average molecular weight is 578 g/mol. The average Bonchev–Trinajstić information content (AvgIpc) is 2.66. The highest BCUT2D eigenvalue weighted by Gasteiger charge is 2.20. The molecule has 0 N–H and O–H groups in total. The Balaban J connectivity index is 1.88. The summed E-state index contributed by atoms with van der Waals surface area (Å²) in [5.41, 5.74) is 2.47. The molecule has 0 fully saturated rings. The van der Waals surface area contributed by atoms with Gasteiger partial charge < -0.3 is 4.18 Å². The molecule has 3 rings (SSSR count). The van der Waals surface area contributed by atoms with E-state index >= 15 is 0 Å². The summed E-state index contributed by atoms with van der Waals surface area (Å²) in [6.07, 6.45) is 1.66. The third-order valence-electron chi connectivity index (χ3n) is 3.84. The van der Waals surface area contributed by atoms with Crippen molar-refractivity contribution in [2.24, 2.45) is 4.99 Å². The molecule has 0 bridgehead atoms. The first-order chi connectivity index (χ1) is 13.7. The molecule has 0 saturated carbocycles. The lowest BCUT2D eigenvalue weighted by Crippen LogP contribution is -2.10. The second kappa shape index (κ2) is 9.18. The van der Waals surface area contributed by atoms with Crippen LogP contribution in [-0.4, -0.2) is 14.6 Å². The summed E-state index contributed by atoms with van der Waals surface area (Å²) in [6.45, 7) is 1.94. The monoisotopic (exact) mass is 575 g/mol. The summed E-state index contributed by atoms with van der Waals surface area (Å²) < 4.78 is 31.3. The molecule has 4 nitrogen and oxygen atoms in total. The van der Waals surface area contributed by atoms with Crippen molar-refractivity contribution in [3.05, 3.63) is 84.7 Å². The molecule has 0 spiro atoms. The Hall–Kier alpha value is -1.38. The number of halogens is 4. The second-order valence-corrected chi connectivity index (χ2v) is 10.1. The van der Waals surface area contributed by atoms with Gasteiger partial charge in [-0.1, -0.05) is 29.3 Å². The molecule has 9 heteroatoms. The van der Waals surface area contributed by atoms with Gasteiger partial charge in [0.1, 0.15) is 4.90 Å². The van der Waals surface area contributed by atoms with Crippen LogP contribution in [-0.2, 0) is 10.1 Å². The minimum atomic E-state index is -4.02. The van der Waals surface area contributed by atoms with E-state index in [9.17, 15) is 8.42 Å². The van der Waals surface area contributed by atoms with E-state index in [0.717, 1.165) is 16.8 Å². The number of aryl methyl sites for hydroxylation is 1. The van der Waals surface area contributed by atoms with Gasteiger partial charge in [-0.3, -0.25) is 4.99 Å². The molecule has 0 aromatic heterocycles. The van der Waals surface area contributed by atoms with Crippen molar-refractivity contribution >= 4 is 77.1 Å². The molecule has 0 amide bonds. The van der Waals surface area contributed by atoms with Crippen molar-refractivity contribution in [2.45, 2.75) is 11.8 Å². The molecule has 0 heterocycles. The Kier molecular flexibility index (Phi) is 7.06. The Morgan fingerprint density at radius 1 is 0.931 bits per heavy atom. The van der Waals surface area contributed by atoms with Crippen LogP contribution in [0, 0.1) is 6.92 Å². The molecule has 0 unspecified atom stereocenters. The number of nitrogens with zero attached hydrogens (tertiary/aromatic N) is 1. The van der Waals surface area contributed by atoms with Crippen LogP contribution in [0.25, 0.3) is 0 Å². The molecule has 0 atom stereocenters. The molecule has 29 heavy (non-hydrogen) atoms. The zero-order valence-electron chi connectivity index (χ0n) is 14.9. The molecular formula is C20H13Br2Cl2NO3S. The van der Waals surface area contributed by atoms with Crippen molar-refractivity contribution in [1.82, 2.24) is 0 Å². The molecule has 0 aliphatic heterocycles. The van der Waals surface area contributed by atoms with E-state index < -0.39 is 10.1 Å². The summed E-state index contributed by atoms with van der Waals surface area (Å²) >= 11 is 18.6. The molecular weight excluding hydrogens is 565 g/mol. The summed E-state index contributed by atoms with van der Waals surface area (Å²) in [4.78, 5) is 4.46. The Labute approximate surface area is 195 Å². The maximum atomic E-state index is 12.5. The standard InChI is InChI=1S/C20H13Br2Cl2NO3S/c1-12-2-3-15(24)10-19(12)25-11-13-8-17(21)20(18(22)9-13)28-29(26,27)16-6-4-14(23)5-7-16/h2-11H,1H3. The van der Waals surface area contributed by atoms with Crippen LogP contribution in [0.5, 0.6) is 5.75 Å². The van der Waals surface area contributed by atoms with Gasteiger partial charge in [0.25, 0.3) is 0 Å². The summed E-state index contributed by atoms with van der Waals surface area (Å²) in [7, 11) is -4.02. The third-order valence-corrected chi connectivity index (χ3v) is 6.74. The predicted octanol–water partition coefficient (Wildman–Crippen LogP) is 7.35. The van der Waals surface area contributed by atoms with Crippen LogP contribution in [0.2, 0.25) is 10.0 Å². The van der Waals surface area contributed by atoms with E-state index in [-0.39, 0.29) is 10.6 Å². The maximum absolute atomic E-state index is 12.5. The fraction of sp³-hybridized carbons (Fsp3) is 0.0500. The first-order valence-electron chi connectivity index (χ1n) is 8.15. The zero-order valence-corrected chi connectivity index (χ0v) is 20.4. The van der Waals surface area contributed by atoms with Crippen molar-refractivity contribution in [1.29, 1.82) is 0 Å². The van der Waals surface area contributed by atoms with Crippen LogP contribution in [0.4, 0.5) is 5.69 Å². The second-order valence-electron chi connectivity index (χ2n) is 5.99. The van der Waals surface area contributed by atoms with Gasteiger partial charge in [-0.25, -0.2) is 0 Å². The predicted molar refractivity (Wildman–Crippen MR) is 125 cm³/mol. The van der Waals surface area contributed by atoms with E-state index in [1.807, 2.05) is 13.0 Å². The maximum Gasteiger partial charge on any atom is 0.339 e. The van der Waals surface area contributed by atoms with E-state index in [0.29, 0.717) is 19.0 Å². The fourth-order valence-corrected chi connectivity index (χ4v) is 5.21. The minimum Gasteiger partial charge on any atom is -0.377 e. The fourth-order valence-electron chi connectivity index (χ4n) is 2.36. The van der Waals surface area contributed by atoms with Gasteiger partial charge >= 0.3 is 10.1 Å². The van der Waals surface area contributed by atoms with Gasteiger partial charge in [0, 0.05) is 16.3 Å². The summed E-state index contributed by atoms with van der Waals surface area (Å²) in [5, 5.41) is 1.03. The van der Waals surface area contributed by atoms with Gasteiger partial charge in [-0.2, -0.15) is 8.42 Å². The van der Waals surface area contributed by atoms with Gasteiger partial charge in [-0.15, -0.1) is 0 Å². The van der Waals surface area contributed by atoms with Gasteiger partial charge in [0.2, 0.25) is 0 Å². The van der Waals surface area contributed by atoms with E-state index in [4.69, 9.17) is 27.4 Å². The number of hydrogen-bond donors (Lipinski definition) is 0. The Bertz CT molecular complexity index is 1170. The van der Waals surface area contributed by atoms with Crippen molar-refractivity contribution < 1.29 is 12.6 Å². The molecule has 3 aromatic carbocycles. The van der Waals surface area contributed by atoms with Gasteiger partial charge in [0.05, 0.1) is 14.6 Å². The van der Waals surface area contributed by atoms with E-state index in [1.54, 1.807) is 30.5 Å². The molecule has 150 valence electrons. The zero-order chi connectivity index (χ0) is 21.2. The Morgan fingerprint density at radius 3 is 2.14 bits per heavy atom. The molecule has 0 aliphatic carbocycles. The van der Waals surface area contributed by atoms with Crippen molar-refractivity contribution in [2.75, 3.05) is 0 Å². The highest BCUT2D eigenvalue weighted by molar-refractivity contribution is 9.11. The van der Waals surface area contributed by atoms with Crippen LogP contribution < -0.4 is 4.18 Å². The van der Waals surface area contributed by atoms with E-state index in [2.05, 4.69) is 36.9 Å². The smallest absolute Gasteiger partial charge is 0.339 e. The molecule has 0 aliphatic rings. The lowest BCUT2D eigenvalue weighted by atomic mass is 10.2. The first kappa shape index (κ1) is 22.3. The number of aliphatic imine (C=N–C) groups is 1. The van der Waals surface area contributed by atoms with Crippen LogP contribution in [0.1, 0.15) is 11.1 Å². The van der Waals surface area contributed by atoms with Gasteiger partial charge in [0.15, 0.2) is 5.75 Å².